The lowest BCUT2D eigenvalue weighted by Crippen LogP contribution is -2.10. The summed E-state index contributed by atoms with van der Waals surface area (Å²) in [5.74, 6) is 1.86. The smallest absolute Gasteiger partial charge is 0.00488 e. The van der Waals surface area contributed by atoms with Crippen LogP contribution in [0.4, 0.5) is 0 Å². The molecule has 1 aliphatic rings. The van der Waals surface area contributed by atoms with E-state index < -0.39 is 0 Å². The van der Waals surface area contributed by atoms with Gasteiger partial charge in [-0.15, -0.1) is 0 Å². The van der Waals surface area contributed by atoms with Crippen molar-refractivity contribution in [1.82, 2.24) is 0 Å². The molecule has 0 radical (unpaired) electrons. The number of hydrogen-bond acceptors (Lipinski definition) is 1. The van der Waals surface area contributed by atoms with Gasteiger partial charge in [-0.25, -0.2) is 0 Å². The minimum absolute atomic E-state index is 0.856. The molecule has 0 aliphatic heterocycles. The molecule has 1 aliphatic carbocycles. The van der Waals surface area contributed by atoms with Gasteiger partial charge in [-0.05, 0) is 31.2 Å². The van der Waals surface area contributed by atoms with E-state index in [0.29, 0.717) is 0 Å². The van der Waals surface area contributed by atoms with Crippen molar-refractivity contribution in [2.75, 3.05) is 6.54 Å². The van der Waals surface area contributed by atoms with Crippen LogP contribution in [0.1, 0.15) is 32.6 Å². The Hall–Kier alpha value is -0.0400. The van der Waals surface area contributed by atoms with Crippen molar-refractivity contribution < 1.29 is 0 Å². The van der Waals surface area contributed by atoms with Gasteiger partial charge < -0.3 is 5.73 Å². The van der Waals surface area contributed by atoms with Crippen LogP contribution in [0, 0.1) is 11.8 Å². The molecule has 0 amide bonds. The molecule has 54 valence electrons. The zero-order valence-corrected chi connectivity index (χ0v) is 6.27. The van der Waals surface area contributed by atoms with Gasteiger partial charge >= 0.3 is 0 Å². The van der Waals surface area contributed by atoms with Gasteiger partial charge in [0.15, 0.2) is 0 Å². The maximum Gasteiger partial charge on any atom is -0.00488 e. The van der Waals surface area contributed by atoms with Gasteiger partial charge in [-0.2, -0.15) is 0 Å². The van der Waals surface area contributed by atoms with Gasteiger partial charge in [0.25, 0.3) is 0 Å². The lowest BCUT2D eigenvalue weighted by molar-refractivity contribution is 0.486. The first-order valence-electron chi connectivity index (χ1n) is 4.06. The predicted octanol–water partition coefficient (Wildman–Crippen LogP) is 1.77. The van der Waals surface area contributed by atoms with Crippen molar-refractivity contribution in [3.05, 3.63) is 0 Å². The van der Waals surface area contributed by atoms with E-state index in [4.69, 9.17) is 5.73 Å². The average Bonchev–Trinajstić information content (AvgIpc) is 2.34. The molecule has 2 unspecified atom stereocenters. The quantitative estimate of drug-likeness (QED) is 0.601. The first-order chi connectivity index (χ1) is 4.36. The Morgan fingerprint density at radius 1 is 1.33 bits per heavy atom. The third-order valence-corrected chi connectivity index (χ3v) is 2.56. The van der Waals surface area contributed by atoms with E-state index in [-0.39, 0.29) is 0 Å². The van der Waals surface area contributed by atoms with E-state index in [1.165, 1.54) is 25.7 Å². The fraction of sp³-hybridized carbons (Fsp3) is 1.00. The van der Waals surface area contributed by atoms with Crippen LogP contribution in [0.15, 0.2) is 0 Å². The Bertz CT molecular complexity index is 70.6. The molecular formula is C8H17N. The summed E-state index contributed by atoms with van der Waals surface area (Å²) in [6.45, 7) is 3.19. The Morgan fingerprint density at radius 3 is 2.33 bits per heavy atom. The molecule has 0 aromatic rings. The predicted molar refractivity (Wildman–Crippen MR) is 40.2 cm³/mol. The van der Waals surface area contributed by atoms with Crippen molar-refractivity contribution in [3.8, 4) is 0 Å². The molecule has 1 fully saturated rings. The topological polar surface area (TPSA) is 26.0 Å². The maximum absolute atomic E-state index is 5.55. The van der Waals surface area contributed by atoms with Gasteiger partial charge in [0, 0.05) is 0 Å². The summed E-state index contributed by atoms with van der Waals surface area (Å²) in [5, 5.41) is 0. The molecule has 1 nitrogen and oxygen atoms in total. The Labute approximate surface area is 57.6 Å². The molecule has 2 atom stereocenters. The largest absolute Gasteiger partial charge is 0.330 e. The first kappa shape index (κ1) is 7.07. The Balaban J connectivity index is 2.20. The van der Waals surface area contributed by atoms with Crippen LogP contribution < -0.4 is 5.73 Å². The lowest BCUT2D eigenvalue weighted by Gasteiger charge is -2.05. The molecule has 0 aromatic carbocycles. The van der Waals surface area contributed by atoms with Crippen molar-refractivity contribution in [2.24, 2.45) is 17.6 Å². The SMILES string of the molecule is CCC1CCC(CN)C1. The van der Waals surface area contributed by atoms with Crippen molar-refractivity contribution in [2.45, 2.75) is 32.6 Å². The van der Waals surface area contributed by atoms with E-state index in [9.17, 15) is 0 Å². The highest BCUT2D eigenvalue weighted by Gasteiger charge is 2.21. The highest BCUT2D eigenvalue weighted by Crippen LogP contribution is 2.31. The maximum atomic E-state index is 5.55. The highest BCUT2D eigenvalue weighted by atomic mass is 14.6. The molecule has 1 rings (SSSR count). The van der Waals surface area contributed by atoms with E-state index in [2.05, 4.69) is 6.92 Å². The van der Waals surface area contributed by atoms with Crippen molar-refractivity contribution in [3.63, 3.8) is 0 Å². The minimum atomic E-state index is 0.856. The van der Waals surface area contributed by atoms with Gasteiger partial charge in [-0.3, -0.25) is 0 Å². The van der Waals surface area contributed by atoms with E-state index in [0.717, 1.165) is 18.4 Å². The van der Waals surface area contributed by atoms with Gasteiger partial charge in [0.05, 0.1) is 0 Å². The lowest BCUT2D eigenvalue weighted by atomic mass is 10.0. The Kier molecular flexibility index (Phi) is 2.52. The molecular weight excluding hydrogens is 110 g/mol. The number of hydrogen-bond donors (Lipinski definition) is 1. The molecule has 2 N–H and O–H groups in total. The summed E-state index contributed by atoms with van der Waals surface area (Å²) in [5.41, 5.74) is 5.55. The number of rotatable bonds is 2. The zero-order valence-electron chi connectivity index (χ0n) is 6.27. The van der Waals surface area contributed by atoms with E-state index in [1.807, 2.05) is 0 Å². The third kappa shape index (κ3) is 1.68. The monoisotopic (exact) mass is 127 g/mol. The Morgan fingerprint density at radius 2 is 2.00 bits per heavy atom. The van der Waals surface area contributed by atoms with Gasteiger partial charge in [0.2, 0.25) is 0 Å². The van der Waals surface area contributed by atoms with Crippen LogP contribution in [0.5, 0.6) is 0 Å². The van der Waals surface area contributed by atoms with Gasteiger partial charge in [-0.1, -0.05) is 19.8 Å². The van der Waals surface area contributed by atoms with Crippen LogP contribution >= 0.6 is 0 Å². The highest BCUT2D eigenvalue weighted by molar-refractivity contribution is 4.74. The second kappa shape index (κ2) is 3.21. The normalized spacial score (nSPS) is 35.3. The van der Waals surface area contributed by atoms with Crippen LogP contribution in [0.2, 0.25) is 0 Å². The summed E-state index contributed by atoms with van der Waals surface area (Å²) in [7, 11) is 0. The summed E-state index contributed by atoms with van der Waals surface area (Å²) >= 11 is 0. The standard InChI is InChI=1S/C8H17N/c1-2-7-3-4-8(5-7)6-9/h7-8H,2-6,9H2,1H3. The molecule has 0 aromatic heterocycles. The summed E-state index contributed by atoms with van der Waals surface area (Å²) in [6, 6.07) is 0. The third-order valence-electron chi connectivity index (χ3n) is 2.56. The van der Waals surface area contributed by atoms with Crippen LogP contribution in [0.3, 0.4) is 0 Å². The minimum Gasteiger partial charge on any atom is -0.330 e. The fourth-order valence-electron chi connectivity index (χ4n) is 1.76. The van der Waals surface area contributed by atoms with E-state index in [1.54, 1.807) is 0 Å². The molecule has 0 saturated heterocycles. The first-order valence-corrected chi connectivity index (χ1v) is 4.06. The number of nitrogens with two attached hydrogens (primary N) is 1. The van der Waals surface area contributed by atoms with Crippen LogP contribution in [0.25, 0.3) is 0 Å². The molecule has 9 heavy (non-hydrogen) atoms. The van der Waals surface area contributed by atoms with E-state index >= 15 is 0 Å². The zero-order chi connectivity index (χ0) is 6.69. The molecule has 0 heterocycles. The molecule has 0 spiro atoms. The molecule has 0 bridgehead atoms. The second-order valence-electron chi connectivity index (χ2n) is 3.19. The second-order valence-corrected chi connectivity index (χ2v) is 3.19. The average molecular weight is 127 g/mol. The van der Waals surface area contributed by atoms with Crippen molar-refractivity contribution in [1.29, 1.82) is 0 Å². The van der Waals surface area contributed by atoms with Crippen LogP contribution in [-0.4, -0.2) is 6.54 Å². The van der Waals surface area contributed by atoms with Gasteiger partial charge in [0.1, 0.15) is 0 Å². The fourth-order valence-corrected chi connectivity index (χ4v) is 1.76. The molecule has 1 heteroatoms. The summed E-state index contributed by atoms with van der Waals surface area (Å²) in [6.07, 6.45) is 5.57. The van der Waals surface area contributed by atoms with Crippen molar-refractivity contribution >= 4 is 0 Å². The summed E-state index contributed by atoms with van der Waals surface area (Å²) in [4.78, 5) is 0. The summed E-state index contributed by atoms with van der Waals surface area (Å²) < 4.78 is 0. The molecule has 1 saturated carbocycles. The van der Waals surface area contributed by atoms with Crippen LogP contribution in [-0.2, 0) is 0 Å².